The molecule has 3 aromatic rings. The number of carbonyl (C=O) groups is 2. The highest BCUT2D eigenvalue weighted by Gasteiger charge is 2.34. The topological polar surface area (TPSA) is 105 Å². The molecule has 10 heteroatoms. The van der Waals surface area contributed by atoms with Crippen molar-refractivity contribution in [3.8, 4) is 11.5 Å². The molecule has 0 fully saturated rings. The molecule has 9 nitrogen and oxygen atoms in total. The molecule has 2 amide bonds. The third-order valence-electron chi connectivity index (χ3n) is 6.39. The highest BCUT2D eigenvalue weighted by molar-refractivity contribution is 7.92. The van der Waals surface area contributed by atoms with Crippen LogP contribution in [0.1, 0.15) is 23.6 Å². The third-order valence-corrected chi connectivity index (χ3v) is 8.17. The maximum absolute atomic E-state index is 14.0. The van der Waals surface area contributed by atoms with Gasteiger partial charge in [-0.15, -0.1) is 0 Å². The monoisotopic (exact) mass is 553 g/mol. The van der Waals surface area contributed by atoms with Crippen LogP contribution in [0.5, 0.6) is 11.5 Å². The lowest BCUT2D eigenvalue weighted by Crippen LogP contribution is -2.50. The van der Waals surface area contributed by atoms with Gasteiger partial charge in [-0.25, -0.2) is 8.42 Å². The molecule has 0 heterocycles. The van der Waals surface area contributed by atoms with E-state index in [4.69, 9.17) is 9.47 Å². The molecular weight excluding hydrogens is 518 g/mol. The Morgan fingerprint density at radius 2 is 1.62 bits per heavy atom. The van der Waals surface area contributed by atoms with E-state index in [2.05, 4.69) is 5.32 Å². The fourth-order valence-corrected chi connectivity index (χ4v) is 5.56. The van der Waals surface area contributed by atoms with E-state index >= 15 is 0 Å². The summed E-state index contributed by atoms with van der Waals surface area (Å²) in [7, 11) is 0.132. The van der Waals surface area contributed by atoms with Gasteiger partial charge in [0.15, 0.2) is 0 Å². The number of sulfonamides is 1. The lowest BCUT2D eigenvalue weighted by molar-refractivity contribution is -0.139. The maximum Gasteiger partial charge on any atom is 0.264 e. The van der Waals surface area contributed by atoms with E-state index in [9.17, 15) is 18.0 Å². The average Bonchev–Trinajstić information content (AvgIpc) is 2.93. The Kier molecular flexibility index (Phi) is 9.58. The van der Waals surface area contributed by atoms with Gasteiger partial charge in [0, 0.05) is 19.7 Å². The summed E-state index contributed by atoms with van der Waals surface area (Å²) >= 11 is 0. The number of nitrogens with one attached hydrogen (secondary N) is 1. The molecule has 0 saturated carbocycles. The molecule has 39 heavy (non-hydrogen) atoms. The fourth-order valence-electron chi connectivity index (χ4n) is 4.14. The Hall–Kier alpha value is -4.05. The van der Waals surface area contributed by atoms with Crippen LogP contribution in [0.4, 0.5) is 5.69 Å². The molecule has 208 valence electrons. The Balaban J connectivity index is 2.13. The highest BCUT2D eigenvalue weighted by atomic mass is 32.2. The first-order valence-corrected chi connectivity index (χ1v) is 13.8. The van der Waals surface area contributed by atoms with Gasteiger partial charge in [-0.2, -0.15) is 0 Å². The third kappa shape index (κ3) is 6.88. The van der Waals surface area contributed by atoms with Crippen molar-refractivity contribution in [3.63, 3.8) is 0 Å². The highest BCUT2D eigenvalue weighted by Crippen LogP contribution is 2.36. The number of likely N-dealkylation sites (N-methyl/N-ethyl adjacent to an activating group) is 1. The number of hydrogen-bond acceptors (Lipinski definition) is 6. The predicted octanol–water partition coefficient (Wildman–Crippen LogP) is 3.68. The second-order valence-corrected chi connectivity index (χ2v) is 11.0. The molecule has 0 saturated heterocycles. The molecule has 1 atom stereocenters. The number of benzene rings is 3. The standard InChI is InChI=1S/C29H35N3O6S/c1-20-10-13-25(14-11-20)39(35,36)32(26-17-24(37-5)12-15-27(26)38-6)19-28(33)31(22(3)29(34)30-4)18-23-9-7-8-21(2)16-23/h7-17,22H,18-19H2,1-6H3,(H,30,34)/t22-/m0/s1. The summed E-state index contributed by atoms with van der Waals surface area (Å²) in [5.74, 6) is -0.308. The molecule has 0 aromatic heterocycles. The summed E-state index contributed by atoms with van der Waals surface area (Å²) in [6.45, 7) is 4.93. The van der Waals surface area contributed by atoms with Crippen LogP contribution in [-0.4, -0.2) is 59.0 Å². The van der Waals surface area contributed by atoms with Gasteiger partial charge in [0.05, 0.1) is 24.8 Å². The van der Waals surface area contributed by atoms with Crippen molar-refractivity contribution in [2.45, 2.75) is 38.3 Å². The minimum Gasteiger partial charge on any atom is -0.497 e. The second kappa shape index (κ2) is 12.7. The number of carbonyl (C=O) groups excluding carboxylic acids is 2. The van der Waals surface area contributed by atoms with E-state index in [1.807, 2.05) is 38.1 Å². The van der Waals surface area contributed by atoms with Crippen molar-refractivity contribution >= 4 is 27.5 Å². The normalized spacial score (nSPS) is 11.8. The first kappa shape index (κ1) is 29.5. The van der Waals surface area contributed by atoms with E-state index in [-0.39, 0.29) is 28.8 Å². The summed E-state index contributed by atoms with van der Waals surface area (Å²) in [5.41, 5.74) is 2.83. The van der Waals surface area contributed by atoms with Gasteiger partial charge in [-0.1, -0.05) is 47.5 Å². The summed E-state index contributed by atoms with van der Waals surface area (Å²) < 4.78 is 39.8. The van der Waals surface area contributed by atoms with Crippen LogP contribution in [0.25, 0.3) is 0 Å². The van der Waals surface area contributed by atoms with Crippen molar-refractivity contribution in [1.29, 1.82) is 0 Å². The van der Waals surface area contributed by atoms with E-state index in [1.54, 1.807) is 31.2 Å². The summed E-state index contributed by atoms with van der Waals surface area (Å²) in [6.07, 6.45) is 0. The van der Waals surface area contributed by atoms with Crippen molar-refractivity contribution in [2.75, 3.05) is 32.1 Å². The zero-order valence-electron chi connectivity index (χ0n) is 23.1. The molecular formula is C29H35N3O6S. The van der Waals surface area contributed by atoms with E-state index in [0.717, 1.165) is 21.0 Å². The summed E-state index contributed by atoms with van der Waals surface area (Å²) in [6, 6.07) is 17.8. The van der Waals surface area contributed by atoms with Crippen molar-refractivity contribution in [2.24, 2.45) is 0 Å². The van der Waals surface area contributed by atoms with E-state index < -0.39 is 28.5 Å². The van der Waals surface area contributed by atoms with Crippen LogP contribution >= 0.6 is 0 Å². The predicted molar refractivity (Wildman–Crippen MR) is 151 cm³/mol. The minimum absolute atomic E-state index is 0.00959. The van der Waals surface area contributed by atoms with Crippen LogP contribution in [0.2, 0.25) is 0 Å². The average molecular weight is 554 g/mol. The number of aryl methyl sites for hydroxylation is 2. The number of hydrogen-bond donors (Lipinski definition) is 1. The van der Waals surface area contributed by atoms with Gasteiger partial charge in [-0.3, -0.25) is 13.9 Å². The van der Waals surface area contributed by atoms with Crippen LogP contribution in [-0.2, 0) is 26.2 Å². The van der Waals surface area contributed by atoms with Gasteiger partial charge >= 0.3 is 0 Å². The number of amides is 2. The SMILES string of the molecule is CNC(=O)[C@H](C)N(Cc1cccc(C)c1)C(=O)CN(c1cc(OC)ccc1OC)S(=O)(=O)c1ccc(C)cc1. The Bertz CT molecular complexity index is 1420. The van der Waals surface area contributed by atoms with Crippen LogP contribution in [0.3, 0.4) is 0 Å². The largest absolute Gasteiger partial charge is 0.497 e. The van der Waals surface area contributed by atoms with Gasteiger partial charge in [0.1, 0.15) is 24.1 Å². The second-order valence-electron chi connectivity index (χ2n) is 9.16. The first-order valence-electron chi connectivity index (χ1n) is 12.4. The molecule has 0 aliphatic heterocycles. The van der Waals surface area contributed by atoms with Gasteiger partial charge in [-0.05, 0) is 50.6 Å². The zero-order valence-corrected chi connectivity index (χ0v) is 23.9. The van der Waals surface area contributed by atoms with Crippen molar-refractivity contribution in [1.82, 2.24) is 10.2 Å². The van der Waals surface area contributed by atoms with Crippen LogP contribution in [0, 0.1) is 13.8 Å². The van der Waals surface area contributed by atoms with E-state index in [0.29, 0.717) is 5.75 Å². The molecule has 0 spiro atoms. The Labute approximate surface area is 230 Å². The van der Waals surface area contributed by atoms with Crippen LogP contribution in [0.15, 0.2) is 71.6 Å². The fraction of sp³-hybridized carbons (Fsp3) is 0.310. The van der Waals surface area contributed by atoms with Crippen LogP contribution < -0.4 is 19.1 Å². The lowest BCUT2D eigenvalue weighted by atomic mass is 10.1. The maximum atomic E-state index is 14.0. The van der Waals surface area contributed by atoms with E-state index in [1.165, 1.54) is 44.4 Å². The van der Waals surface area contributed by atoms with Gasteiger partial charge < -0.3 is 19.7 Å². The summed E-state index contributed by atoms with van der Waals surface area (Å²) in [5, 5.41) is 2.58. The number of anilines is 1. The summed E-state index contributed by atoms with van der Waals surface area (Å²) in [4.78, 5) is 27.9. The molecule has 3 rings (SSSR count). The molecule has 0 aliphatic carbocycles. The molecule has 1 N–H and O–H groups in total. The number of methoxy groups -OCH3 is 2. The molecule has 3 aromatic carbocycles. The van der Waals surface area contributed by atoms with Crippen molar-refractivity contribution in [3.05, 3.63) is 83.4 Å². The minimum atomic E-state index is -4.24. The Morgan fingerprint density at radius 3 is 2.21 bits per heavy atom. The van der Waals surface area contributed by atoms with Gasteiger partial charge in [0.2, 0.25) is 11.8 Å². The van der Waals surface area contributed by atoms with Crippen molar-refractivity contribution < 1.29 is 27.5 Å². The molecule has 0 bridgehead atoms. The molecule has 0 unspecified atom stereocenters. The first-order chi connectivity index (χ1) is 18.5. The number of rotatable bonds is 11. The molecule has 0 radical (unpaired) electrons. The zero-order chi connectivity index (χ0) is 28.7. The lowest BCUT2D eigenvalue weighted by Gasteiger charge is -2.32. The quantitative estimate of drug-likeness (QED) is 0.389. The molecule has 0 aliphatic rings. The smallest absolute Gasteiger partial charge is 0.264 e. The Morgan fingerprint density at radius 1 is 0.923 bits per heavy atom. The number of nitrogens with zero attached hydrogens (tertiary/aromatic N) is 2. The van der Waals surface area contributed by atoms with Gasteiger partial charge in [0.25, 0.3) is 10.0 Å². The number of ether oxygens (including phenoxy) is 2.